The van der Waals surface area contributed by atoms with E-state index in [1.807, 2.05) is 18.2 Å². The van der Waals surface area contributed by atoms with E-state index < -0.39 is 59.3 Å². The number of carbonyl (C=O) groups excluding carboxylic acids is 5. The highest BCUT2D eigenvalue weighted by molar-refractivity contribution is 5.96. The van der Waals surface area contributed by atoms with E-state index in [4.69, 9.17) is 23.7 Å². The van der Waals surface area contributed by atoms with Gasteiger partial charge in [0.05, 0.1) is 26.4 Å². The van der Waals surface area contributed by atoms with Crippen LogP contribution in [0.3, 0.4) is 0 Å². The minimum atomic E-state index is -1.30. The van der Waals surface area contributed by atoms with Crippen LogP contribution in [0.1, 0.15) is 90.2 Å². The Morgan fingerprint density at radius 2 is 1.72 bits per heavy atom. The second-order valence-electron chi connectivity index (χ2n) is 15.1. The molecule has 1 aliphatic carbocycles. The molecule has 5 rings (SSSR count). The van der Waals surface area contributed by atoms with E-state index in [0.29, 0.717) is 57.1 Å². The summed E-state index contributed by atoms with van der Waals surface area (Å²) in [6, 6.07) is 1.65. The first-order chi connectivity index (χ1) is 25.3. The van der Waals surface area contributed by atoms with E-state index in [2.05, 4.69) is 23.8 Å². The van der Waals surface area contributed by atoms with E-state index >= 15 is 0 Å². The molecule has 1 aromatic carbocycles. The van der Waals surface area contributed by atoms with Gasteiger partial charge in [-0.3, -0.25) is 14.5 Å². The van der Waals surface area contributed by atoms with Crippen molar-refractivity contribution in [1.29, 1.82) is 0 Å². The van der Waals surface area contributed by atoms with Crippen molar-refractivity contribution in [2.24, 2.45) is 5.92 Å². The number of hydrogen-bond donors (Lipinski definition) is 2. The summed E-state index contributed by atoms with van der Waals surface area (Å²) in [4.78, 5) is 70.9. The standard InChI is InChI=1S/C39H54N4O10/c1-7-10-11-12-13-15-29(40-36(47)53-38(4,5)6)34(45)43-24-28(20-30(43)33(44)41-39(21-27(39)8-2)35(46)49-9-3)52-37(48)42-22-25-18-31-32(19-26(25)23-42)51-17-14-16-50-31/h7-8,18-19,27-30H,1-2,9-17,20-24H2,3-6H3,(H,40,47)(H,41,44)/t27-,28-,29+,30+,39-/m1/s1. The number of nitrogens with one attached hydrogen (secondary N) is 2. The van der Waals surface area contributed by atoms with Crippen molar-refractivity contribution in [2.75, 3.05) is 26.4 Å². The first-order valence-corrected chi connectivity index (χ1v) is 18.7. The predicted molar refractivity (Wildman–Crippen MR) is 194 cm³/mol. The zero-order valence-electron chi connectivity index (χ0n) is 31.4. The van der Waals surface area contributed by atoms with Crippen molar-refractivity contribution in [2.45, 2.75) is 121 Å². The van der Waals surface area contributed by atoms with E-state index in [1.165, 1.54) is 4.90 Å². The SMILES string of the molecule is C=CCCCCC[C@H](NC(=O)OC(C)(C)C)C(=O)N1C[C@H](OC(=O)N2Cc3cc4c(cc3C2)OCCCO4)C[C@H]1C(=O)N[C@]1(C(=O)OCC)C[C@H]1C=C. The molecule has 5 atom stereocenters. The number of allylic oxidation sites excluding steroid dienone is 1. The average molecular weight is 739 g/mol. The normalized spacial score (nSPS) is 23.5. The fraction of sp³-hybridized carbons (Fsp3) is 0.615. The van der Waals surface area contributed by atoms with Gasteiger partial charge < -0.3 is 39.2 Å². The molecule has 3 heterocycles. The zero-order valence-corrected chi connectivity index (χ0v) is 31.4. The Balaban J connectivity index is 1.34. The molecule has 2 N–H and O–H groups in total. The molecule has 290 valence electrons. The highest BCUT2D eigenvalue weighted by Crippen LogP contribution is 2.46. The molecule has 4 aliphatic rings. The van der Waals surface area contributed by atoms with Gasteiger partial charge in [0.1, 0.15) is 29.3 Å². The van der Waals surface area contributed by atoms with Crippen LogP contribution in [0.4, 0.5) is 9.59 Å². The molecule has 0 aromatic heterocycles. The summed E-state index contributed by atoms with van der Waals surface area (Å²) in [6.07, 6.45) is 5.67. The van der Waals surface area contributed by atoms with E-state index in [9.17, 15) is 24.0 Å². The van der Waals surface area contributed by atoms with Crippen LogP contribution in [0.15, 0.2) is 37.4 Å². The molecule has 0 spiro atoms. The fourth-order valence-electron chi connectivity index (χ4n) is 7.06. The number of ether oxygens (including phenoxy) is 5. The number of nitrogens with zero attached hydrogens (tertiary/aromatic N) is 2. The van der Waals surface area contributed by atoms with Crippen LogP contribution >= 0.6 is 0 Å². The Morgan fingerprint density at radius 3 is 2.30 bits per heavy atom. The molecule has 2 fully saturated rings. The van der Waals surface area contributed by atoms with Gasteiger partial charge in [-0.15, -0.1) is 13.2 Å². The maximum absolute atomic E-state index is 14.4. The van der Waals surface area contributed by atoms with Crippen LogP contribution in [-0.2, 0) is 41.7 Å². The van der Waals surface area contributed by atoms with Gasteiger partial charge in [0.15, 0.2) is 11.5 Å². The third-order valence-electron chi connectivity index (χ3n) is 9.84. The summed E-state index contributed by atoms with van der Waals surface area (Å²) in [5.41, 5.74) is -0.273. The fourth-order valence-corrected chi connectivity index (χ4v) is 7.06. The van der Waals surface area contributed by atoms with Crippen molar-refractivity contribution >= 4 is 30.0 Å². The minimum Gasteiger partial charge on any atom is -0.490 e. The van der Waals surface area contributed by atoms with Gasteiger partial charge in [0.2, 0.25) is 11.8 Å². The number of fused-ring (bicyclic) bond motifs is 2. The molecule has 0 unspecified atom stereocenters. The monoisotopic (exact) mass is 738 g/mol. The maximum atomic E-state index is 14.4. The number of benzene rings is 1. The van der Waals surface area contributed by atoms with Crippen LogP contribution < -0.4 is 20.1 Å². The van der Waals surface area contributed by atoms with Crippen molar-refractivity contribution < 1.29 is 47.7 Å². The van der Waals surface area contributed by atoms with E-state index in [-0.39, 0.29) is 25.5 Å². The first-order valence-electron chi connectivity index (χ1n) is 18.7. The summed E-state index contributed by atoms with van der Waals surface area (Å²) < 4.78 is 28.4. The van der Waals surface area contributed by atoms with Gasteiger partial charge in [0.25, 0.3) is 0 Å². The summed E-state index contributed by atoms with van der Waals surface area (Å²) in [5, 5.41) is 5.58. The molecule has 1 aromatic rings. The van der Waals surface area contributed by atoms with Gasteiger partial charge >= 0.3 is 18.2 Å². The Morgan fingerprint density at radius 1 is 1.04 bits per heavy atom. The van der Waals surface area contributed by atoms with E-state index in [1.54, 1.807) is 38.7 Å². The van der Waals surface area contributed by atoms with Crippen LogP contribution in [-0.4, -0.2) is 95.5 Å². The number of hydrogen-bond acceptors (Lipinski definition) is 10. The van der Waals surface area contributed by atoms with Crippen LogP contribution in [0.25, 0.3) is 0 Å². The summed E-state index contributed by atoms with van der Waals surface area (Å²) in [7, 11) is 0. The van der Waals surface area contributed by atoms with Gasteiger partial charge in [-0.05, 0) is 76.6 Å². The minimum absolute atomic E-state index is 0.0176. The Kier molecular flexibility index (Phi) is 12.6. The number of carbonyl (C=O) groups is 5. The van der Waals surface area contributed by atoms with Gasteiger partial charge in [0, 0.05) is 31.8 Å². The van der Waals surface area contributed by atoms with Crippen molar-refractivity contribution in [3.05, 3.63) is 48.6 Å². The highest BCUT2D eigenvalue weighted by atomic mass is 16.6. The van der Waals surface area contributed by atoms with Crippen LogP contribution in [0.2, 0.25) is 0 Å². The molecule has 4 amide bonds. The molecule has 0 bridgehead atoms. The molecule has 14 heteroatoms. The highest BCUT2D eigenvalue weighted by Gasteiger charge is 2.62. The van der Waals surface area contributed by atoms with Crippen LogP contribution in [0.5, 0.6) is 11.5 Å². The largest absolute Gasteiger partial charge is 0.490 e. The molecule has 1 saturated carbocycles. The molecule has 3 aliphatic heterocycles. The van der Waals surface area contributed by atoms with Crippen molar-refractivity contribution in [3.63, 3.8) is 0 Å². The maximum Gasteiger partial charge on any atom is 0.410 e. The number of esters is 1. The lowest BCUT2D eigenvalue weighted by atomic mass is 10.0. The van der Waals surface area contributed by atoms with Crippen molar-refractivity contribution in [1.82, 2.24) is 20.4 Å². The molecular formula is C39H54N4O10. The molecule has 14 nitrogen and oxygen atoms in total. The second-order valence-corrected chi connectivity index (χ2v) is 15.1. The lowest BCUT2D eigenvalue weighted by Gasteiger charge is -2.30. The predicted octanol–water partition coefficient (Wildman–Crippen LogP) is 4.92. The summed E-state index contributed by atoms with van der Waals surface area (Å²) in [6.45, 7) is 16.1. The Hall–Kier alpha value is -4.75. The van der Waals surface area contributed by atoms with Gasteiger partial charge in [-0.2, -0.15) is 0 Å². The number of likely N-dealkylation sites (tertiary alicyclic amines) is 1. The van der Waals surface area contributed by atoms with E-state index in [0.717, 1.165) is 36.8 Å². The molecule has 0 radical (unpaired) electrons. The quantitative estimate of drug-likeness (QED) is 0.116. The van der Waals surface area contributed by atoms with Crippen molar-refractivity contribution in [3.8, 4) is 11.5 Å². The first kappa shape index (κ1) is 39.5. The number of unbranched alkanes of at least 4 members (excludes halogenated alkanes) is 3. The summed E-state index contributed by atoms with van der Waals surface area (Å²) in [5.74, 6) is -0.755. The lowest BCUT2D eigenvalue weighted by molar-refractivity contribution is -0.150. The van der Waals surface area contributed by atoms with Gasteiger partial charge in [-0.25, -0.2) is 14.4 Å². The third kappa shape index (κ3) is 9.63. The van der Waals surface area contributed by atoms with Crippen LogP contribution in [0, 0.1) is 5.92 Å². The zero-order chi connectivity index (χ0) is 38.3. The number of rotatable bonds is 14. The molecule has 53 heavy (non-hydrogen) atoms. The molecule has 1 saturated heterocycles. The molecular weight excluding hydrogens is 684 g/mol. The Bertz CT molecular complexity index is 1540. The smallest absolute Gasteiger partial charge is 0.410 e. The number of amides is 4. The second kappa shape index (κ2) is 16.9. The average Bonchev–Trinajstić information content (AvgIpc) is 3.52. The Labute approximate surface area is 311 Å². The third-order valence-corrected chi connectivity index (χ3v) is 9.84. The number of alkyl carbamates (subject to hydrolysis) is 1. The lowest BCUT2D eigenvalue weighted by Crippen LogP contribution is -2.56. The van der Waals surface area contributed by atoms with Gasteiger partial charge in [-0.1, -0.05) is 25.0 Å². The topological polar surface area (TPSA) is 162 Å². The summed E-state index contributed by atoms with van der Waals surface area (Å²) >= 11 is 0.